The Bertz CT molecular complexity index is 1210. The van der Waals surface area contributed by atoms with E-state index in [4.69, 9.17) is 4.98 Å². The molecule has 0 aliphatic heterocycles. The Morgan fingerprint density at radius 2 is 1.80 bits per heavy atom. The number of hydrogen-bond donors (Lipinski definition) is 0. The number of imidazole rings is 1. The van der Waals surface area contributed by atoms with E-state index in [0.29, 0.717) is 12.5 Å². The van der Waals surface area contributed by atoms with E-state index >= 15 is 0 Å². The number of rotatable bonds is 6. The van der Waals surface area contributed by atoms with Crippen molar-refractivity contribution in [2.75, 3.05) is 11.4 Å². The average molecular weight is 400 g/mol. The zero-order chi connectivity index (χ0) is 21.3. The lowest BCUT2D eigenvalue weighted by Crippen LogP contribution is -2.31. The van der Waals surface area contributed by atoms with Crippen LogP contribution in [0, 0.1) is 5.92 Å². The quantitative estimate of drug-likeness (QED) is 0.392. The molecule has 4 rings (SSSR count). The van der Waals surface area contributed by atoms with E-state index in [0.717, 1.165) is 46.3 Å². The van der Waals surface area contributed by atoms with Gasteiger partial charge in [0.15, 0.2) is 0 Å². The minimum atomic E-state index is 0.0424. The molecule has 0 aliphatic rings. The molecule has 154 valence electrons. The van der Waals surface area contributed by atoms with Crippen LogP contribution in [0.4, 0.5) is 5.82 Å². The Labute approximate surface area is 178 Å². The van der Waals surface area contributed by atoms with Gasteiger partial charge in [-0.15, -0.1) is 0 Å². The highest BCUT2D eigenvalue weighted by Gasteiger charge is 2.24. The van der Waals surface area contributed by atoms with Crippen molar-refractivity contribution in [1.29, 1.82) is 0 Å². The van der Waals surface area contributed by atoms with Crippen LogP contribution in [0.3, 0.4) is 0 Å². The van der Waals surface area contributed by atoms with Crippen LogP contribution in [0.2, 0.25) is 0 Å². The molecule has 0 saturated carbocycles. The Kier molecular flexibility index (Phi) is 5.58. The van der Waals surface area contributed by atoms with E-state index in [1.807, 2.05) is 29.3 Å². The van der Waals surface area contributed by atoms with Gasteiger partial charge in [0.2, 0.25) is 5.91 Å². The van der Waals surface area contributed by atoms with E-state index in [1.54, 1.807) is 6.92 Å². The van der Waals surface area contributed by atoms with Gasteiger partial charge in [-0.3, -0.25) is 14.1 Å². The van der Waals surface area contributed by atoms with Crippen molar-refractivity contribution in [1.82, 2.24) is 9.38 Å². The zero-order valence-corrected chi connectivity index (χ0v) is 18.2. The first-order valence-electron chi connectivity index (χ1n) is 10.8. The molecule has 4 heteroatoms. The molecule has 2 aromatic carbocycles. The second-order valence-corrected chi connectivity index (χ2v) is 8.24. The SMILES string of the molecule is CCc1ccccc1-c1nc2c3ccccc3ccn2c1N(CCC(C)C)C(C)=O. The van der Waals surface area contributed by atoms with Crippen LogP contribution in [-0.4, -0.2) is 21.8 Å². The standard InChI is InChI=1S/C26H29N3O/c1-5-20-10-6-8-12-22(20)24-26(28(19(4)30)16-14-18(2)3)29-17-15-21-11-7-9-13-23(21)25(29)27-24/h6-13,15,17-18H,5,14,16H2,1-4H3. The number of fused-ring (bicyclic) bond motifs is 3. The van der Waals surface area contributed by atoms with Crippen LogP contribution in [-0.2, 0) is 11.2 Å². The highest BCUT2D eigenvalue weighted by atomic mass is 16.2. The molecule has 0 spiro atoms. The van der Waals surface area contributed by atoms with Crippen molar-refractivity contribution in [2.24, 2.45) is 5.92 Å². The lowest BCUT2D eigenvalue weighted by atomic mass is 10.0. The highest BCUT2D eigenvalue weighted by Crippen LogP contribution is 2.36. The number of nitrogens with zero attached hydrogens (tertiary/aromatic N) is 3. The Morgan fingerprint density at radius 1 is 1.07 bits per heavy atom. The van der Waals surface area contributed by atoms with E-state index in [9.17, 15) is 4.79 Å². The highest BCUT2D eigenvalue weighted by molar-refractivity contribution is 6.00. The van der Waals surface area contributed by atoms with Crippen molar-refractivity contribution in [3.8, 4) is 11.3 Å². The van der Waals surface area contributed by atoms with Crippen LogP contribution in [0.5, 0.6) is 0 Å². The third-order valence-electron chi connectivity index (χ3n) is 5.71. The monoisotopic (exact) mass is 399 g/mol. The van der Waals surface area contributed by atoms with Crippen LogP contribution < -0.4 is 4.90 Å². The van der Waals surface area contributed by atoms with Crippen molar-refractivity contribution in [2.45, 2.75) is 40.5 Å². The minimum Gasteiger partial charge on any atom is -0.296 e. The van der Waals surface area contributed by atoms with E-state index in [1.165, 1.54) is 5.56 Å². The second-order valence-electron chi connectivity index (χ2n) is 8.24. The maximum atomic E-state index is 12.8. The van der Waals surface area contributed by atoms with Crippen molar-refractivity contribution in [3.05, 3.63) is 66.4 Å². The molecule has 30 heavy (non-hydrogen) atoms. The molecule has 0 fully saturated rings. The zero-order valence-electron chi connectivity index (χ0n) is 18.2. The van der Waals surface area contributed by atoms with Crippen LogP contribution in [0.15, 0.2) is 60.8 Å². The van der Waals surface area contributed by atoms with Crippen molar-refractivity contribution in [3.63, 3.8) is 0 Å². The largest absolute Gasteiger partial charge is 0.296 e. The first kappa shape index (κ1) is 20.1. The molecule has 0 unspecified atom stereocenters. The Balaban J connectivity index is 2.04. The van der Waals surface area contributed by atoms with Gasteiger partial charge in [-0.2, -0.15) is 0 Å². The van der Waals surface area contributed by atoms with Crippen LogP contribution >= 0.6 is 0 Å². The van der Waals surface area contributed by atoms with Crippen LogP contribution in [0.25, 0.3) is 27.7 Å². The Morgan fingerprint density at radius 3 is 2.53 bits per heavy atom. The summed E-state index contributed by atoms with van der Waals surface area (Å²) in [6, 6.07) is 18.8. The molecule has 0 bridgehead atoms. The van der Waals surface area contributed by atoms with Gasteiger partial charge in [0.1, 0.15) is 17.2 Å². The van der Waals surface area contributed by atoms with Crippen LogP contribution in [0.1, 0.15) is 39.7 Å². The maximum absolute atomic E-state index is 12.8. The summed E-state index contributed by atoms with van der Waals surface area (Å²) in [7, 11) is 0. The van der Waals surface area contributed by atoms with Gasteiger partial charge in [-0.25, -0.2) is 4.98 Å². The summed E-state index contributed by atoms with van der Waals surface area (Å²) in [5, 5.41) is 2.24. The lowest BCUT2D eigenvalue weighted by molar-refractivity contribution is -0.116. The molecule has 0 aliphatic carbocycles. The van der Waals surface area contributed by atoms with Gasteiger partial charge in [-0.05, 0) is 35.8 Å². The average Bonchev–Trinajstić information content (AvgIpc) is 3.13. The normalized spacial score (nSPS) is 11.5. The molecule has 0 atom stereocenters. The number of amides is 1. The molecule has 0 N–H and O–H groups in total. The summed E-state index contributed by atoms with van der Waals surface area (Å²) in [6.07, 6.45) is 3.90. The summed E-state index contributed by atoms with van der Waals surface area (Å²) < 4.78 is 2.09. The number of pyridine rings is 1. The molecule has 4 aromatic rings. The third kappa shape index (κ3) is 3.58. The number of benzene rings is 2. The molecule has 2 heterocycles. The van der Waals surface area contributed by atoms with E-state index in [-0.39, 0.29) is 5.91 Å². The molecule has 0 saturated heterocycles. The van der Waals surface area contributed by atoms with E-state index in [2.05, 4.69) is 61.6 Å². The van der Waals surface area contributed by atoms with Gasteiger partial charge >= 0.3 is 0 Å². The summed E-state index contributed by atoms with van der Waals surface area (Å²) in [5.74, 6) is 1.42. The molecule has 4 nitrogen and oxygen atoms in total. The predicted octanol–water partition coefficient (Wildman–Crippen LogP) is 6.12. The molecule has 1 amide bonds. The van der Waals surface area contributed by atoms with Crippen molar-refractivity contribution < 1.29 is 4.79 Å². The molecular weight excluding hydrogens is 370 g/mol. The fraction of sp³-hybridized carbons (Fsp3) is 0.308. The number of hydrogen-bond acceptors (Lipinski definition) is 2. The minimum absolute atomic E-state index is 0.0424. The van der Waals surface area contributed by atoms with Gasteiger partial charge < -0.3 is 0 Å². The first-order chi connectivity index (χ1) is 14.5. The predicted molar refractivity (Wildman–Crippen MR) is 125 cm³/mol. The van der Waals surface area contributed by atoms with Gasteiger partial charge in [-0.1, -0.05) is 69.3 Å². The number of aryl methyl sites for hydroxylation is 1. The maximum Gasteiger partial charge on any atom is 0.225 e. The smallest absolute Gasteiger partial charge is 0.225 e. The molecular formula is C26H29N3O. The fourth-order valence-corrected chi connectivity index (χ4v) is 4.05. The summed E-state index contributed by atoms with van der Waals surface area (Å²) in [5.41, 5.74) is 4.10. The summed E-state index contributed by atoms with van der Waals surface area (Å²) in [4.78, 5) is 19.8. The number of carbonyl (C=O) groups is 1. The summed E-state index contributed by atoms with van der Waals surface area (Å²) in [6.45, 7) is 8.86. The second kappa shape index (κ2) is 8.31. The van der Waals surface area contributed by atoms with Gasteiger partial charge in [0.05, 0.1) is 0 Å². The Hall–Kier alpha value is -3.14. The molecule has 0 radical (unpaired) electrons. The number of carbonyl (C=O) groups excluding carboxylic acids is 1. The van der Waals surface area contributed by atoms with Gasteiger partial charge in [0.25, 0.3) is 0 Å². The van der Waals surface area contributed by atoms with Gasteiger partial charge in [0, 0.05) is 30.6 Å². The number of anilines is 1. The topological polar surface area (TPSA) is 37.6 Å². The number of aromatic nitrogens is 2. The fourth-order valence-electron chi connectivity index (χ4n) is 4.05. The van der Waals surface area contributed by atoms with Crippen molar-refractivity contribution >= 4 is 28.1 Å². The third-order valence-corrected chi connectivity index (χ3v) is 5.71. The first-order valence-corrected chi connectivity index (χ1v) is 10.8. The lowest BCUT2D eigenvalue weighted by Gasteiger charge is -2.23. The summed E-state index contributed by atoms with van der Waals surface area (Å²) >= 11 is 0. The van der Waals surface area contributed by atoms with E-state index < -0.39 is 0 Å². The molecule has 2 aromatic heterocycles.